The molecule has 132 valence electrons. The second-order valence-corrected chi connectivity index (χ2v) is 6.98. The molecule has 0 bridgehead atoms. The van der Waals surface area contributed by atoms with E-state index in [0.717, 1.165) is 12.0 Å². The van der Waals surface area contributed by atoms with Crippen LogP contribution in [-0.2, 0) is 16.4 Å². The van der Waals surface area contributed by atoms with Gasteiger partial charge in [-0.1, -0.05) is 19.1 Å². The first kappa shape index (κ1) is 20.3. The molecule has 2 aromatic rings. The average molecular weight is 371 g/mol. The highest BCUT2D eigenvalue weighted by Gasteiger charge is 2.13. The van der Waals surface area contributed by atoms with Crippen molar-refractivity contribution in [1.82, 2.24) is 4.72 Å². The van der Waals surface area contributed by atoms with Crippen LogP contribution in [0.5, 0.6) is 5.75 Å². The Morgan fingerprint density at radius 1 is 1.04 bits per heavy atom. The molecule has 24 heavy (non-hydrogen) atoms. The number of hydrogen-bond donors (Lipinski definition) is 2. The van der Waals surface area contributed by atoms with Gasteiger partial charge in [-0.3, -0.25) is 0 Å². The van der Waals surface area contributed by atoms with Gasteiger partial charge in [-0.15, -0.1) is 12.4 Å². The average Bonchev–Trinajstić information content (AvgIpc) is 2.55. The third-order valence-electron chi connectivity index (χ3n) is 3.29. The van der Waals surface area contributed by atoms with E-state index in [1.165, 1.54) is 0 Å². The van der Waals surface area contributed by atoms with Crippen molar-refractivity contribution in [2.24, 2.45) is 0 Å². The number of benzene rings is 2. The van der Waals surface area contributed by atoms with Crippen molar-refractivity contribution in [2.75, 3.05) is 18.9 Å². The number of nitrogens with two attached hydrogens (primary N) is 1. The maximum atomic E-state index is 12.2. The molecule has 2 rings (SSSR count). The van der Waals surface area contributed by atoms with Gasteiger partial charge in [0, 0.05) is 12.2 Å². The first-order valence-electron chi connectivity index (χ1n) is 7.58. The van der Waals surface area contributed by atoms with Crippen molar-refractivity contribution in [2.45, 2.75) is 24.7 Å². The maximum absolute atomic E-state index is 12.2. The Bertz CT molecular complexity index is 717. The Balaban J connectivity index is 0.00000288. The minimum absolute atomic E-state index is 0. The van der Waals surface area contributed by atoms with Crippen LogP contribution in [0.4, 0.5) is 5.69 Å². The van der Waals surface area contributed by atoms with E-state index in [2.05, 4.69) is 4.72 Å². The predicted molar refractivity (Wildman–Crippen MR) is 99.2 cm³/mol. The molecule has 0 aliphatic heterocycles. The van der Waals surface area contributed by atoms with E-state index < -0.39 is 10.0 Å². The molecule has 7 heteroatoms. The Labute approximate surface area is 149 Å². The Kier molecular flexibility index (Phi) is 8.04. The van der Waals surface area contributed by atoms with Crippen LogP contribution in [0.1, 0.15) is 18.9 Å². The Morgan fingerprint density at radius 3 is 2.25 bits per heavy atom. The number of halogens is 1. The fourth-order valence-electron chi connectivity index (χ4n) is 2.03. The van der Waals surface area contributed by atoms with E-state index in [-0.39, 0.29) is 17.3 Å². The largest absolute Gasteiger partial charge is 0.494 e. The molecule has 0 unspecified atom stereocenters. The van der Waals surface area contributed by atoms with Crippen LogP contribution in [0.2, 0.25) is 0 Å². The number of anilines is 1. The zero-order chi connectivity index (χ0) is 16.7. The van der Waals surface area contributed by atoms with Crippen molar-refractivity contribution >= 4 is 28.1 Å². The minimum Gasteiger partial charge on any atom is -0.494 e. The molecule has 2 aromatic carbocycles. The summed E-state index contributed by atoms with van der Waals surface area (Å²) < 4.78 is 32.5. The summed E-state index contributed by atoms with van der Waals surface area (Å²) in [6.07, 6.45) is 1.52. The SMILES string of the molecule is CCCOc1ccc(S(=O)(=O)NCCc2ccc(N)cc2)cc1.Cl. The van der Waals surface area contributed by atoms with Crippen LogP contribution in [0.3, 0.4) is 0 Å². The van der Waals surface area contributed by atoms with E-state index >= 15 is 0 Å². The summed E-state index contributed by atoms with van der Waals surface area (Å²) >= 11 is 0. The Hall–Kier alpha value is -1.76. The minimum atomic E-state index is -3.51. The van der Waals surface area contributed by atoms with Crippen LogP contribution in [0.25, 0.3) is 0 Å². The number of sulfonamides is 1. The first-order valence-corrected chi connectivity index (χ1v) is 9.06. The number of hydrogen-bond acceptors (Lipinski definition) is 4. The van der Waals surface area contributed by atoms with Gasteiger partial charge in [0.1, 0.15) is 5.75 Å². The highest BCUT2D eigenvalue weighted by molar-refractivity contribution is 7.89. The van der Waals surface area contributed by atoms with E-state index in [1.807, 2.05) is 19.1 Å². The normalized spacial score (nSPS) is 10.9. The lowest BCUT2D eigenvalue weighted by Crippen LogP contribution is -2.25. The van der Waals surface area contributed by atoms with Crippen molar-refractivity contribution in [3.63, 3.8) is 0 Å². The highest BCUT2D eigenvalue weighted by atomic mass is 35.5. The van der Waals surface area contributed by atoms with Gasteiger partial charge in [0.05, 0.1) is 11.5 Å². The highest BCUT2D eigenvalue weighted by Crippen LogP contribution is 2.16. The van der Waals surface area contributed by atoms with E-state index in [0.29, 0.717) is 31.0 Å². The quantitative estimate of drug-likeness (QED) is 0.700. The van der Waals surface area contributed by atoms with Crippen LogP contribution in [-0.4, -0.2) is 21.6 Å². The summed E-state index contributed by atoms with van der Waals surface area (Å²) in [5.41, 5.74) is 7.35. The van der Waals surface area contributed by atoms with Crippen LogP contribution in [0, 0.1) is 0 Å². The van der Waals surface area contributed by atoms with Gasteiger partial charge in [0.25, 0.3) is 0 Å². The third kappa shape index (κ3) is 6.03. The van der Waals surface area contributed by atoms with Crippen LogP contribution < -0.4 is 15.2 Å². The fourth-order valence-corrected chi connectivity index (χ4v) is 3.06. The molecule has 0 aliphatic rings. The molecule has 0 saturated heterocycles. The standard InChI is InChI=1S/C17H22N2O3S.ClH/c1-2-13-22-16-7-9-17(10-8-16)23(20,21)19-12-11-14-3-5-15(18)6-4-14;/h3-10,19H,2,11-13,18H2,1H3;1H. The fraction of sp³-hybridized carbons (Fsp3) is 0.294. The van der Waals surface area contributed by atoms with Crippen LogP contribution in [0.15, 0.2) is 53.4 Å². The summed E-state index contributed by atoms with van der Waals surface area (Å²) in [6.45, 7) is 2.97. The molecule has 0 atom stereocenters. The van der Waals surface area contributed by atoms with Gasteiger partial charge in [-0.25, -0.2) is 13.1 Å². The lowest BCUT2D eigenvalue weighted by Gasteiger charge is -2.09. The summed E-state index contributed by atoms with van der Waals surface area (Å²) in [7, 11) is -3.51. The van der Waals surface area contributed by atoms with Gasteiger partial charge in [-0.2, -0.15) is 0 Å². The molecule has 3 N–H and O–H groups in total. The van der Waals surface area contributed by atoms with Crippen molar-refractivity contribution < 1.29 is 13.2 Å². The van der Waals surface area contributed by atoms with Gasteiger partial charge >= 0.3 is 0 Å². The number of nitrogen functional groups attached to an aromatic ring is 1. The van der Waals surface area contributed by atoms with E-state index in [1.54, 1.807) is 36.4 Å². The molecule has 0 aromatic heterocycles. The van der Waals surface area contributed by atoms with E-state index in [9.17, 15) is 8.42 Å². The topological polar surface area (TPSA) is 81.4 Å². The molecule has 0 saturated carbocycles. The molecular weight excluding hydrogens is 348 g/mol. The number of ether oxygens (including phenoxy) is 1. The molecule has 0 fully saturated rings. The summed E-state index contributed by atoms with van der Waals surface area (Å²) in [4.78, 5) is 0.235. The summed E-state index contributed by atoms with van der Waals surface area (Å²) in [6, 6.07) is 13.8. The monoisotopic (exact) mass is 370 g/mol. The van der Waals surface area contributed by atoms with Gasteiger partial charge in [0.15, 0.2) is 0 Å². The third-order valence-corrected chi connectivity index (χ3v) is 4.77. The lowest BCUT2D eigenvalue weighted by molar-refractivity contribution is 0.317. The molecule has 5 nitrogen and oxygen atoms in total. The van der Waals surface area contributed by atoms with Crippen molar-refractivity contribution in [1.29, 1.82) is 0 Å². The molecule has 0 radical (unpaired) electrons. The van der Waals surface area contributed by atoms with Gasteiger partial charge in [-0.05, 0) is 54.8 Å². The maximum Gasteiger partial charge on any atom is 0.240 e. The van der Waals surface area contributed by atoms with Crippen molar-refractivity contribution in [3.8, 4) is 5.75 Å². The van der Waals surface area contributed by atoms with Crippen molar-refractivity contribution in [3.05, 3.63) is 54.1 Å². The first-order chi connectivity index (χ1) is 11.0. The zero-order valence-electron chi connectivity index (χ0n) is 13.6. The molecular formula is C17H23ClN2O3S. The second-order valence-electron chi connectivity index (χ2n) is 5.21. The molecule has 0 heterocycles. The second kappa shape index (κ2) is 9.52. The molecule has 0 amide bonds. The lowest BCUT2D eigenvalue weighted by atomic mass is 10.1. The summed E-state index contributed by atoms with van der Waals surface area (Å²) in [5.74, 6) is 0.674. The summed E-state index contributed by atoms with van der Waals surface area (Å²) in [5, 5.41) is 0. The molecule has 0 spiro atoms. The Morgan fingerprint density at radius 2 is 1.67 bits per heavy atom. The smallest absolute Gasteiger partial charge is 0.240 e. The predicted octanol–water partition coefficient (Wildman–Crippen LogP) is 3.00. The molecule has 0 aliphatic carbocycles. The van der Waals surface area contributed by atoms with Gasteiger partial charge < -0.3 is 10.5 Å². The van der Waals surface area contributed by atoms with E-state index in [4.69, 9.17) is 10.5 Å². The number of rotatable bonds is 8. The number of nitrogens with one attached hydrogen (secondary N) is 1. The van der Waals surface area contributed by atoms with Crippen LogP contribution >= 0.6 is 12.4 Å². The van der Waals surface area contributed by atoms with Gasteiger partial charge in [0.2, 0.25) is 10.0 Å². The zero-order valence-corrected chi connectivity index (χ0v) is 15.2.